The van der Waals surface area contributed by atoms with Crippen LogP contribution in [0.2, 0.25) is 25.7 Å². The van der Waals surface area contributed by atoms with Crippen LogP contribution in [0.3, 0.4) is 0 Å². The van der Waals surface area contributed by atoms with Crippen molar-refractivity contribution in [2.75, 3.05) is 6.61 Å². The summed E-state index contributed by atoms with van der Waals surface area (Å²) in [6.45, 7) is 7.91. The average molecular weight is 650 g/mol. The van der Waals surface area contributed by atoms with Gasteiger partial charge in [-0.1, -0.05) is 45.0 Å². The summed E-state index contributed by atoms with van der Waals surface area (Å²) in [6.07, 6.45) is 7.12. The third kappa shape index (κ3) is 8.76. The summed E-state index contributed by atoms with van der Waals surface area (Å²) in [7, 11) is -1.20. The summed E-state index contributed by atoms with van der Waals surface area (Å²) >= 11 is 3.57. The Morgan fingerprint density at radius 1 is 1.20 bits per heavy atom. The van der Waals surface area contributed by atoms with E-state index in [0.717, 1.165) is 42.6 Å². The van der Waals surface area contributed by atoms with E-state index in [9.17, 15) is 14.7 Å². The first-order chi connectivity index (χ1) is 19.5. The first kappa shape index (κ1) is 31.0. The first-order valence-corrected chi connectivity index (χ1v) is 18.5. The molecule has 1 aliphatic carbocycles. The highest BCUT2D eigenvalue weighted by Gasteiger charge is 2.25. The maximum atomic E-state index is 15.2. The Balaban J connectivity index is 1.46. The second kappa shape index (κ2) is 13.8. The van der Waals surface area contributed by atoms with E-state index in [1.54, 1.807) is 18.3 Å². The normalized spacial score (nSPS) is 15.0. The van der Waals surface area contributed by atoms with Gasteiger partial charge < -0.3 is 29.8 Å². The third-order valence-electron chi connectivity index (χ3n) is 7.12. The number of fused-ring (bicyclic) bond motifs is 1. The fraction of sp³-hybridized carbons (Fsp3) is 0.483. The average Bonchev–Trinajstić information content (AvgIpc) is 3.23. The lowest BCUT2D eigenvalue weighted by Crippen LogP contribution is -2.50. The van der Waals surface area contributed by atoms with Gasteiger partial charge in [-0.15, -0.1) is 0 Å². The lowest BCUT2D eigenvalue weighted by atomic mass is 9.95. The zero-order valence-corrected chi connectivity index (χ0v) is 26.3. The van der Waals surface area contributed by atoms with Crippen molar-refractivity contribution >= 4 is 47.0 Å². The van der Waals surface area contributed by atoms with Crippen LogP contribution in [0.5, 0.6) is 11.5 Å². The number of aromatic nitrogens is 2. The molecule has 3 aromatic rings. The molecule has 4 rings (SSSR count). The van der Waals surface area contributed by atoms with Crippen LogP contribution in [-0.4, -0.2) is 53.4 Å². The minimum Gasteiger partial charge on any atom is -0.465 e. The molecule has 2 amide bonds. The van der Waals surface area contributed by atoms with E-state index in [-0.39, 0.29) is 18.2 Å². The van der Waals surface area contributed by atoms with Crippen LogP contribution in [0.15, 0.2) is 41.1 Å². The van der Waals surface area contributed by atoms with Gasteiger partial charge in [0.2, 0.25) is 5.91 Å². The van der Waals surface area contributed by atoms with Crippen molar-refractivity contribution in [3.05, 3.63) is 52.5 Å². The molecule has 222 valence electrons. The molecule has 0 saturated heterocycles. The van der Waals surface area contributed by atoms with Gasteiger partial charge in [0, 0.05) is 44.0 Å². The van der Waals surface area contributed by atoms with Crippen molar-refractivity contribution in [1.29, 1.82) is 0 Å². The Morgan fingerprint density at radius 3 is 2.63 bits per heavy atom. The number of carboxylic acid groups (broad SMARTS) is 1. The summed E-state index contributed by atoms with van der Waals surface area (Å²) in [5.74, 6) is -0.606. The largest absolute Gasteiger partial charge is 0.465 e. The quantitative estimate of drug-likeness (QED) is 0.149. The first-order valence-electron chi connectivity index (χ1n) is 14.0. The van der Waals surface area contributed by atoms with Crippen molar-refractivity contribution in [3.63, 3.8) is 0 Å². The van der Waals surface area contributed by atoms with Crippen LogP contribution in [0.25, 0.3) is 11.0 Å². The molecule has 1 aromatic carbocycles. The van der Waals surface area contributed by atoms with Gasteiger partial charge in [-0.05, 0) is 58.6 Å². The van der Waals surface area contributed by atoms with Crippen molar-refractivity contribution in [2.45, 2.75) is 83.0 Å². The number of amides is 2. The van der Waals surface area contributed by atoms with E-state index in [1.165, 1.54) is 12.1 Å². The number of nitrogens with one attached hydrogen (secondary N) is 2. The number of carbonyl (C=O) groups excluding carboxylic acids is 1. The van der Waals surface area contributed by atoms with E-state index in [1.807, 2.05) is 10.8 Å². The molecule has 9 nitrogen and oxygen atoms in total. The fourth-order valence-corrected chi connectivity index (χ4v) is 6.25. The molecule has 3 N–H and O–H groups in total. The summed E-state index contributed by atoms with van der Waals surface area (Å²) in [5, 5.41) is 15.2. The molecule has 0 aliphatic heterocycles. The van der Waals surface area contributed by atoms with Gasteiger partial charge in [-0.3, -0.25) is 4.79 Å². The third-order valence-corrected chi connectivity index (χ3v) is 9.43. The fourth-order valence-electron chi connectivity index (χ4n) is 4.88. The van der Waals surface area contributed by atoms with Crippen molar-refractivity contribution in [2.24, 2.45) is 0 Å². The van der Waals surface area contributed by atoms with E-state index >= 15 is 4.39 Å². The summed E-state index contributed by atoms with van der Waals surface area (Å²) < 4.78 is 29.7. The highest BCUT2D eigenvalue weighted by Crippen LogP contribution is 2.36. The molecule has 0 bridgehead atoms. The molecular formula is C29H38BrFN4O5Si. The molecule has 1 fully saturated rings. The van der Waals surface area contributed by atoms with Crippen LogP contribution in [0.1, 0.15) is 37.7 Å². The van der Waals surface area contributed by atoms with Crippen molar-refractivity contribution in [1.82, 2.24) is 20.2 Å². The SMILES string of the molecule is C[Si](C)(C)CCOCn1cc(Br)c2c(Oc3ccc(C[C@H](NC(=O)O)C(=O)NC4CCCCC4)cc3F)ccnc21. The number of hydrogen-bond acceptors (Lipinski definition) is 5. The highest BCUT2D eigenvalue weighted by molar-refractivity contribution is 9.10. The number of ether oxygens (including phenoxy) is 2. The lowest BCUT2D eigenvalue weighted by molar-refractivity contribution is -0.123. The summed E-state index contributed by atoms with van der Waals surface area (Å²) in [5.41, 5.74) is 1.11. The molecule has 41 heavy (non-hydrogen) atoms. The van der Waals surface area contributed by atoms with Gasteiger partial charge in [-0.25, -0.2) is 14.2 Å². The molecule has 1 aliphatic rings. The molecular weight excluding hydrogens is 611 g/mol. The van der Waals surface area contributed by atoms with Gasteiger partial charge >= 0.3 is 6.09 Å². The summed E-state index contributed by atoms with van der Waals surface area (Å²) in [6, 6.07) is 6.10. The second-order valence-corrected chi connectivity index (χ2v) is 18.2. The van der Waals surface area contributed by atoms with Crippen LogP contribution in [0.4, 0.5) is 9.18 Å². The smallest absolute Gasteiger partial charge is 0.405 e. The number of benzene rings is 1. The minimum atomic E-state index is -1.31. The van der Waals surface area contributed by atoms with Crippen LogP contribution in [0, 0.1) is 5.82 Å². The number of hydrogen-bond donors (Lipinski definition) is 3. The number of carbonyl (C=O) groups is 2. The number of rotatable bonds is 12. The number of nitrogens with zero attached hydrogens (tertiary/aromatic N) is 2. The maximum absolute atomic E-state index is 15.2. The predicted molar refractivity (Wildman–Crippen MR) is 162 cm³/mol. The minimum absolute atomic E-state index is 0.00156. The number of halogens is 2. The van der Waals surface area contributed by atoms with Crippen LogP contribution < -0.4 is 15.4 Å². The molecule has 2 heterocycles. The van der Waals surface area contributed by atoms with E-state index in [2.05, 4.69) is 51.2 Å². The standard InChI is InChI=1S/C29H38BrFN4O5Si/c1-41(2,3)14-13-39-18-35-17-21(30)26-25(11-12-32-27(26)35)40-24-10-9-19(15-22(24)31)16-23(34-29(37)38)28(36)33-20-7-5-4-6-8-20/h9-12,15,17,20,23,34H,4-8,13-14,16,18H2,1-3H3,(H,33,36)(H,37,38)/t23-/m0/s1. The van der Waals surface area contributed by atoms with Gasteiger partial charge in [-0.2, -0.15) is 0 Å². The molecule has 1 atom stereocenters. The Labute approximate surface area is 249 Å². The predicted octanol–water partition coefficient (Wildman–Crippen LogP) is 6.67. The highest BCUT2D eigenvalue weighted by atomic mass is 79.9. The molecule has 1 saturated carbocycles. The molecule has 2 aromatic heterocycles. The van der Waals surface area contributed by atoms with E-state index in [4.69, 9.17) is 9.47 Å². The zero-order valence-electron chi connectivity index (χ0n) is 23.7. The van der Waals surface area contributed by atoms with Gasteiger partial charge in [0.1, 0.15) is 24.2 Å². The maximum Gasteiger partial charge on any atom is 0.405 e. The Bertz CT molecular complexity index is 1370. The Kier molecular flexibility index (Phi) is 10.4. The van der Waals surface area contributed by atoms with Gasteiger partial charge in [0.15, 0.2) is 11.6 Å². The summed E-state index contributed by atoms with van der Waals surface area (Å²) in [4.78, 5) is 28.7. The van der Waals surface area contributed by atoms with Crippen molar-refractivity contribution < 1.29 is 28.6 Å². The Hall–Kier alpha value is -2.96. The molecule has 12 heteroatoms. The molecule has 0 spiro atoms. The second-order valence-electron chi connectivity index (χ2n) is 11.7. The van der Waals surface area contributed by atoms with Crippen LogP contribution in [-0.2, 0) is 22.7 Å². The zero-order chi connectivity index (χ0) is 29.6. The van der Waals surface area contributed by atoms with Gasteiger partial charge in [0.25, 0.3) is 0 Å². The molecule has 0 radical (unpaired) electrons. The monoisotopic (exact) mass is 648 g/mol. The Morgan fingerprint density at radius 2 is 1.95 bits per heavy atom. The lowest BCUT2D eigenvalue weighted by Gasteiger charge is -2.25. The van der Waals surface area contributed by atoms with Gasteiger partial charge in [0.05, 0.1) is 5.39 Å². The topological polar surface area (TPSA) is 115 Å². The van der Waals surface area contributed by atoms with E-state index < -0.39 is 31.9 Å². The van der Waals surface area contributed by atoms with Crippen LogP contribution >= 0.6 is 15.9 Å². The van der Waals surface area contributed by atoms with Crippen molar-refractivity contribution in [3.8, 4) is 11.5 Å². The number of pyridine rings is 1. The molecule has 0 unspecified atom stereocenters. The van der Waals surface area contributed by atoms with E-state index in [0.29, 0.717) is 35.7 Å².